The third kappa shape index (κ3) is 10.3. The minimum atomic E-state index is -1.36. The van der Waals surface area contributed by atoms with Crippen molar-refractivity contribution in [2.75, 3.05) is 38.2 Å². The van der Waals surface area contributed by atoms with Crippen LogP contribution in [0.5, 0.6) is 0 Å². The number of pyridine rings is 1. The molecular weight excluding hydrogens is 764 g/mol. The summed E-state index contributed by atoms with van der Waals surface area (Å²) in [5.74, 6) is -1.17. The predicted molar refractivity (Wildman–Crippen MR) is 232 cm³/mol. The van der Waals surface area contributed by atoms with E-state index in [4.69, 9.17) is 14.5 Å². The summed E-state index contributed by atoms with van der Waals surface area (Å²) in [6.45, 7) is 20.1. The molecule has 2 aromatic carbocycles. The first-order chi connectivity index (χ1) is 28.6. The van der Waals surface area contributed by atoms with Gasteiger partial charge in [0.05, 0.1) is 17.3 Å². The Morgan fingerprint density at radius 3 is 2.35 bits per heavy atom. The van der Waals surface area contributed by atoms with Crippen molar-refractivity contribution in [1.82, 2.24) is 35.2 Å². The zero-order chi connectivity index (χ0) is 43.2. The first kappa shape index (κ1) is 44.5. The monoisotopic (exact) mass is 826 g/mol. The van der Waals surface area contributed by atoms with Gasteiger partial charge in [0.25, 0.3) is 0 Å². The van der Waals surface area contributed by atoms with Crippen LogP contribution in [-0.2, 0) is 51.7 Å². The maximum atomic E-state index is 15.4. The van der Waals surface area contributed by atoms with E-state index in [-0.39, 0.29) is 49.4 Å². The fraction of sp³-hybridized carbons (Fsp3) is 0.543. The molecule has 0 bridgehead atoms. The van der Waals surface area contributed by atoms with Crippen LogP contribution in [0.2, 0.25) is 0 Å². The number of ether oxygens (including phenoxy) is 2. The van der Waals surface area contributed by atoms with Crippen molar-refractivity contribution in [3.8, 4) is 11.1 Å². The number of aromatic nitrogens is 3. The second-order valence-electron chi connectivity index (χ2n) is 17.3. The lowest BCUT2D eigenvalue weighted by atomic mass is 9.85. The van der Waals surface area contributed by atoms with Gasteiger partial charge in [-0.3, -0.25) is 14.5 Å². The zero-order valence-electron chi connectivity index (χ0n) is 36.6. The second kappa shape index (κ2) is 19.1. The van der Waals surface area contributed by atoms with E-state index in [0.717, 1.165) is 51.9 Å². The van der Waals surface area contributed by atoms with Gasteiger partial charge in [0.15, 0.2) is 5.65 Å². The van der Waals surface area contributed by atoms with Crippen LogP contribution in [0.15, 0.2) is 48.7 Å². The summed E-state index contributed by atoms with van der Waals surface area (Å²) in [6, 6.07) is 12.8. The summed E-state index contributed by atoms with van der Waals surface area (Å²) in [5.41, 5.74) is 4.43. The first-order valence-corrected chi connectivity index (χ1v) is 21.5. The zero-order valence-corrected chi connectivity index (χ0v) is 36.6. The smallest absolute Gasteiger partial charge is 0.410 e. The van der Waals surface area contributed by atoms with Gasteiger partial charge in [0, 0.05) is 87.9 Å². The molecule has 6 rings (SSSR count). The number of aryl methyl sites for hydroxylation is 2. The Bertz CT molecular complexity index is 2160. The van der Waals surface area contributed by atoms with Crippen molar-refractivity contribution in [2.24, 2.45) is 5.41 Å². The van der Waals surface area contributed by atoms with E-state index in [1.807, 2.05) is 83.6 Å². The molecule has 0 aliphatic carbocycles. The van der Waals surface area contributed by atoms with Crippen molar-refractivity contribution < 1.29 is 28.2 Å². The molecule has 13 nitrogen and oxygen atoms in total. The maximum absolute atomic E-state index is 15.4. The highest BCUT2D eigenvalue weighted by atomic mass is 19.1. The molecule has 0 spiro atoms. The van der Waals surface area contributed by atoms with Gasteiger partial charge in [-0.05, 0) is 102 Å². The van der Waals surface area contributed by atoms with E-state index in [1.54, 1.807) is 24.0 Å². The van der Waals surface area contributed by atoms with Gasteiger partial charge in [0.2, 0.25) is 11.8 Å². The Morgan fingerprint density at radius 2 is 1.68 bits per heavy atom. The van der Waals surface area contributed by atoms with E-state index in [9.17, 15) is 14.4 Å². The van der Waals surface area contributed by atoms with Crippen LogP contribution in [0, 0.1) is 11.2 Å². The van der Waals surface area contributed by atoms with Gasteiger partial charge in [-0.25, -0.2) is 18.9 Å². The Morgan fingerprint density at radius 1 is 0.950 bits per heavy atom. The number of rotatable bonds is 14. The fourth-order valence-electron chi connectivity index (χ4n) is 8.03. The Labute approximate surface area is 353 Å². The molecule has 2 aromatic heterocycles. The number of nitrogens with zero attached hydrogens (tertiary/aromatic N) is 5. The van der Waals surface area contributed by atoms with Gasteiger partial charge >= 0.3 is 6.09 Å². The molecule has 4 aromatic rings. The minimum absolute atomic E-state index is 0.0162. The average Bonchev–Trinajstić information content (AvgIpc) is 3.65. The number of anilines is 1. The molecule has 324 valence electrons. The van der Waals surface area contributed by atoms with Gasteiger partial charge in [-0.2, -0.15) is 5.10 Å². The topological polar surface area (TPSA) is 143 Å². The van der Waals surface area contributed by atoms with Gasteiger partial charge in [0.1, 0.15) is 16.8 Å². The van der Waals surface area contributed by atoms with Crippen LogP contribution >= 0.6 is 0 Å². The molecule has 14 heteroatoms. The van der Waals surface area contributed by atoms with E-state index >= 15 is 4.39 Å². The molecule has 0 saturated carbocycles. The molecule has 2 aliphatic heterocycles. The first-order valence-electron chi connectivity index (χ1n) is 21.5. The molecule has 4 heterocycles. The lowest BCUT2D eigenvalue weighted by molar-refractivity contribution is -0.143. The molecule has 1 unspecified atom stereocenters. The molecule has 3 amide bonds. The van der Waals surface area contributed by atoms with Crippen molar-refractivity contribution in [3.63, 3.8) is 0 Å². The van der Waals surface area contributed by atoms with Crippen molar-refractivity contribution >= 4 is 34.6 Å². The molecule has 0 radical (unpaired) electrons. The van der Waals surface area contributed by atoms with Crippen LogP contribution in [0.1, 0.15) is 97.0 Å². The fourth-order valence-corrected chi connectivity index (χ4v) is 8.03. The van der Waals surface area contributed by atoms with Gasteiger partial charge in [-0.15, -0.1) is 0 Å². The van der Waals surface area contributed by atoms with Crippen LogP contribution in [0.4, 0.5) is 14.9 Å². The van der Waals surface area contributed by atoms with Crippen LogP contribution in [0.3, 0.4) is 0 Å². The van der Waals surface area contributed by atoms with Crippen molar-refractivity contribution in [1.29, 1.82) is 0 Å². The number of carbonyl (C=O) groups excluding carboxylic acids is 3. The highest BCUT2D eigenvalue weighted by Gasteiger charge is 2.39. The number of amides is 3. The van der Waals surface area contributed by atoms with Crippen LogP contribution in [-0.4, -0.2) is 93.0 Å². The third-order valence-electron chi connectivity index (χ3n) is 11.8. The quantitative estimate of drug-likeness (QED) is 0.113. The third-order valence-corrected chi connectivity index (χ3v) is 11.8. The van der Waals surface area contributed by atoms with E-state index in [0.29, 0.717) is 63.5 Å². The predicted octanol–water partition coefficient (Wildman–Crippen LogP) is 7.20. The molecule has 2 saturated heterocycles. The van der Waals surface area contributed by atoms with Crippen molar-refractivity contribution in [3.05, 3.63) is 76.9 Å². The SMILES string of the molecule is CCc1nc2c(cnn2CC)c(NC2CCOCC2)c1CNC(=O)C(C)(CC)C(=O)NCc1ccc(F)c(-c2cccc(CN3CCN(C(=O)OC(C)(C)C)[C@@H](C)C3)c2)c1. The summed E-state index contributed by atoms with van der Waals surface area (Å²) >= 11 is 0. The summed E-state index contributed by atoms with van der Waals surface area (Å²) in [7, 11) is 0. The average molecular weight is 827 g/mol. The number of piperazine rings is 1. The van der Waals surface area contributed by atoms with Crippen molar-refractivity contribution in [2.45, 2.75) is 125 Å². The normalized spacial score (nSPS) is 17.6. The van der Waals surface area contributed by atoms with E-state index < -0.39 is 16.9 Å². The lowest BCUT2D eigenvalue weighted by Gasteiger charge is -2.40. The lowest BCUT2D eigenvalue weighted by Crippen LogP contribution is -2.54. The largest absolute Gasteiger partial charge is 0.444 e. The Hall–Kier alpha value is -5.08. The molecule has 2 atom stereocenters. The molecule has 2 aliphatic rings. The number of benzene rings is 2. The number of hydrogen-bond acceptors (Lipinski definition) is 9. The minimum Gasteiger partial charge on any atom is -0.444 e. The summed E-state index contributed by atoms with van der Waals surface area (Å²) < 4.78 is 28.5. The number of hydrogen-bond donors (Lipinski definition) is 3. The summed E-state index contributed by atoms with van der Waals surface area (Å²) in [5, 5.41) is 15.3. The van der Waals surface area contributed by atoms with Gasteiger partial charge in [-0.1, -0.05) is 38.1 Å². The van der Waals surface area contributed by atoms with E-state index in [1.165, 1.54) is 6.07 Å². The Kier molecular flexibility index (Phi) is 14.2. The molecule has 60 heavy (non-hydrogen) atoms. The maximum Gasteiger partial charge on any atom is 0.410 e. The Balaban J connectivity index is 1.11. The standard InChI is InChI=1S/C46H63FN8O5/c1-9-39-36(40(51-34-17-21-59-22-18-34)37-27-50-55(11-3)41(37)52-39)26-49-43(57)46(8,10-2)42(56)48-25-31-15-16-38(47)35(24-31)33-14-12-13-32(23-33)29-53-19-20-54(30(4)28-53)44(58)60-45(5,6)7/h12-16,23-24,27,30,34H,9-11,17-22,25-26,28-29H2,1-8H3,(H,48,56)(H,49,57)(H,51,52)/t30-,46?/m0/s1. The number of fused-ring (bicyclic) bond motifs is 1. The highest BCUT2D eigenvalue weighted by molar-refractivity contribution is 6.04. The van der Waals surface area contributed by atoms with Gasteiger partial charge < -0.3 is 30.3 Å². The summed E-state index contributed by atoms with van der Waals surface area (Å²) in [4.78, 5) is 49.6. The number of nitrogens with one attached hydrogen (secondary N) is 3. The van der Waals surface area contributed by atoms with E-state index in [2.05, 4.69) is 25.9 Å². The number of halogens is 1. The molecule has 3 N–H and O–H groups in total. The highest BCUT2D eigenvalue weighted by Crippen LogP contribution is 2.32. The molecule has 2 fully saturated rings. The molecular formula is C46H63FN8O5. The summed E-state index contributed by atoms with van der Waals surface area (Å²) in [6.07, 6.45) is 4.20. The van der Waals surface area contributed by atoms with Crippen LogP contribution in [0.25, 0.3) is 22.2 Å². The second-order valence-corrected chi connectivity index (χ2v) is 17.3. The number of carbonyl (C=O) groups is 3. The van der Waals surface area contributed by atoms with Crippen LogP contribution < -0.4 is 16.0 Å².